The Morgan fingerprint density at radius 1 is 1.50 bits per heavy atom. The molecular weight excluding hydrogens is 205 g/mol. The summed E-state index contributed by atoms with van der Waals surface area (Å²) in [7, 11) is 0. The summed E-state index contributed by atoms with van der Waals surface area (Å²) in [6, 6.07) is 4.62. The summed E-state index contributed by atoms with van der Waals surface area (Å²) in [5.41, 5.74) is 6.58. The highest BCUT2D eigenvalue weighted by Gasteiger charge is 2.26. The van der Waals surface area contributed by atoms with Gasteiger partial charge in [-0.15, -0.1) is 0 Å². The molecule has 76 valence electrons. The number of ether oxygens (including phenoxy) is 1. The van der Waals surface area contributed by atoms with E-state index in [1.807, 2.05) is 0 Å². The first kappa shape index (κ1) is 9.90. The molecule has 0 radical (unpaired) electrons. The number of hydrogen-bond acceptors (Lipinski definition) is 2. The van der Waals surface area contributed by atoms with E-state index < -0.39 is 5.82 Å². The summed E-state index contributed by atoms with van der Waals surface area (Å²) in [5.74, 6) is -0.424. The molecule has 1 heterocycles. The Hall–Kier alpha value is -0.640. The third-order valence-electron chi connectivity index (χ3n) is 2.41. The van der Waals surface area contributed by atoms with Crippen LogP contribution in [0.4, 0.5) is 4.39 Å². The predicted molar refractivity (Wildman–Crippen MR) is 52.7 cm³/mol. The van der Waals surface area contributed by atoms with E-state index in [2.05, 4.69) is 0 Å². The van der Waals surface area contributed by atoms with Gasteiger partial charge in [0.1, 0.15) is 5.82 Å². The second kappa shape index (κ2) is 3.85. The van der Waals surface area contributed by atoms with Gasteiger partial charge in [-0.05, 0) is 24.1 Å². The molecule has 0 aromatic heterocycles. The van der Waals surface area contributed by atoms with E-state index in [1.54, 1.807) is 6.07 Å². The maximum Gasteiger partial charge on any atom is 0.142 e. The zero-order chi connectivity index (χ0) is 10.1. The molecule has 1 aromatic rings. The van der Waals surface area contributed by atoms with E-state index in [-0.39, 0.29) is 17.2 Å². The van der Waals surface area contributed by atoms with Crippen LogP contribution in [0.2, 0.25) is 5.02 Å². The second-order valence-corrected chi connectivity index (χ2v) is 3.82. The summed E-state index contributed by atoms with van der Waals surface area (Å²) in [4.78, 5) is 0. The highest BCUT2D eigenvalue weighted by atomic mass is 35.5. The molecule has 2 N–H and O–H groups in total. The summed E-state index contributed by atoms with van der Waals surface area (Å²) in [6.07, 6.45) is 0.622. The van der Waals surface area contributed by atoms with Crippen molar-refractivity contribution in [1.82, 2.24) is 0 Å². The van der Waals surface area contributed by atoms with Crippen molar-refractivity contribution in [3.8, 4) is 0 Å². The lowest BCUT2D eigenvalue weighted by Crippen LogP contribution is -2.23. The van der Waals surface area contributed by atoms with Gasteiger partial charge in [0, 0.05) is 12.6 Å². The lowest BCUT2D eigenvalue weighted by Gasteiger charge is -2.14. The number of nitrogens with two attached hydrogens (primary N) is 1. The topological polar surface area (TPSA) is 35.2 Å². The number of halogens is 2. The van der Waals surface area contributed by atoms with Crippen LogP contribution >= 0.6 is 11.6 Å². The third-order valence-corrected chi connectivity index (χ3v) is 2.72. The van der Waals surface area contributed by atoms with E-state index in [1.165, 1.54) is 12.1 Å². The average Bonchev–Trinajstić information content (AvgIpc) is 2.57. The summed E-state index contributed by atoms with van der Waals surface area (Å²) in [6.45, 7) is 0.635. The molecule has 0 spiro atoms. The third kappa shape index (κ3) is 1.75. The van der Waals surface area contributed by atoms with Crippen molar-refractivity contribution >= 4 is 11.6 Å². The fourth-order valence-corrected chi connectivity index (χ4v) is 1.76. The van der Waals surface area contributed by atoms with Crippen molar-refractivity contribution < 1.29 is 9.13 Å². The molecule has 2 rings (SSSR count). The summed E-state index contributed by atoms with van der Waals surface area (Å²) in [5, 5.41) is 0.125. The molecule has 1 aliphatic rings. The van der Waals surface area contributed by atoms with Crippen LogP contribution in [0.15, 0.2) is 18.2 Å². The molecule has 0 bridgehead atoms. The van der Waals surface area contributed by atoms with Crippen LogP contribution in [0.3, 0.4) is 0 Å². The van der Waals surface area contributed by atoms with Crippen LogP contribution in [-0.2, 0) is 4.74 Å². The Kier molecular flexibility index (Phi) is 2.72. The van der Waals surface area contributed by atoms with Crippen molar-refractivity contribution in [1.29, 1.82) is 0 Å². The normalized spacial score (nSPS) is 26.8. The van der Waals surface area contributed by atoms with Gasteiger partial charge in [-0.1, -0.05) is 17.7 Å². The Morgan fingerprint density at radius 3 is 2.86 bits per heavy atom. The van der Waals surface area contributed by atoms with Gasteiger partial charge in [-0.2, -0.15) is 0 Å². The fraction of sp³-hybridized carbons (Fsp3) is 0.400. The SMILES string of the molecule is N[C@@H]1CCO[C@@H]1c1ccc(Cl)c(F)c1. The average molecular weight is 216 g/mol. The maximum atomic E-state index is 13.1. The standard InChI is InChI=1S/C10H11ClFNO/c11-7-2-1-6(5-8(7)12)10-9(13)3-4-14-10/h1-2,5,9-10H,3-4,13H2/t9-,10-/m1/s1. The molecule has 2 nitrogen and oxygen atoms in total. The molecule has 1 aromatic carbocycles. The van der Waals surface area contributed by atoms with E-state index in [0.29, 0.717) is 6.61 Å². The van der Waals surface area contributed by atoms with Crippen LogP contribution in [0.1, 0.15) is 18.1 Å². The van der Waals surface area contributed by atoms with E-state index >= 15 is 0 Å². The lowest BCUT2D eigenvalue weighted by molar-refractivity contribution is 0.105. The van der Waals surface area contributed by atoms with Gasteiger partial charge in [0.05, 0.1) is 11.1 Å². The monoisotopic (exact) mass is 215 g/mol. The van der Waals surface area contributed by atoms with Gasteiger partial charge in [0.15, 0.2) is 0 Å². The van der Waals surface area contributed by atoms with Gasteiger partial charge < -0.3 is 10.5 Å². The predicted octanol–water partition coefficient (Wildman–Crippen LogP) is 2.27. The number of hydrogen-bond donors (Lipinski definition) is 1. The highest BCUT2D eigenvalue weighted by molar-refractivity contribution is 6.30. The van der Waals surface area contributed by atoms with Crippen LogP contribution < -0.4 is 5.73 Å². The van der Waals surface area contributed by atoms with E-state index in [9.17, 15) is 4.39 Å². The smallest absolute Gasteiger partial charge is 0.142 e. The first-order valence-electron chi connectivity index (χ1n) is 4.50. The molecular formula is C10H11ClFNO. The first-order valence-corrected chi connectivity index (χ1v) is 4.88. The Balaban J connectivity index is 2.28. The number of benzene rings is 1. The number of rotatable bonds is 1. The van der Waals surface area contributed by atoms with Crippen LogP contribution in [0.5, 0.6) is 0 Å². The molecule has 0 amide bonds. The summed E-state index contributed by atoms with van der Waals surface area (Å²) < 4.78 is 18.5. The van der Waals surface area contributed by atoms with Crippen LogP contribution in [0, 0.1) is 5.82 Å². The molecule has 1 fully saturated rings. The molecule has 0 unspecified atom stereocenters. The Labute approximate surface area is 86.8 Å². The van der Waals surface area contributed by atoms with Gasteiger partial charge in [0.25, 0.3) is 0 Å². The minimum Gasteiger partial charge on any atom is -0.372 e. The first-order chi connectivity index (χ1) is 6.68. The van der Waals surface area contributed by atoms with Gasteiger partial charge >= 0.3 is 0 Å². The molecule has 0 aliphatic carbocycles. The Morgan fingerprint density at radius 2 is 2.29 bits per heavy atom. The maximum absolute atomic E-state index is 13.1. The second-order valence-electron chi connectivity index (χ2n) is 3.42. The van der Waals surface area contributed by atoms with Crippen molar-refractivity contribution in [2.45, 2.75) is 18.6 Å². The molecule has 4 heteroatoms. The van der Waals surface area contributed by atoms with Crippen molar-refractivity contribution in [2.24, 2.45) is 5.73 Å². The lowest BCUT2D eigenvalue weighted by atomic mass is 10.0. The van der Waals surface area contributed by atoms with Crippen LogP contribution in [0.25, 0.3) is 0 Å². The van der Waals surface area contributed by atoms with Gasteiger partial charge in [-0.3, -0.25) is 0 Å². The minimum atomic E-state index is -0.424. The largest absolute Gasteiger partial charge is 0.372 e. The van der Waals surface area contributed by atoms with Crippen molar-refractivity contribution in [3.05, 3.63) is 34.6 Å². The van der Waals surface area contributed by atoms with E-state index in [0.717, 1.165) is 12.0 Å². The zero-order valence-corrected chi connectivity index (χ0v) is 8.30. The molecule has 14 heavy (non-hydrogen) atoms. The molecule has 0 saturated carbocycles. The van der Waals surface area contributed by atoms with E-state index in [4.69, 9.17) is 22.1 Å². The van der Waals surface area contributed by atoms with Crippen molar-refractivity contribution in [3.63, 3.8) is 0 Å². The molecule has 1 aliphatic heterocycles. The molecule has 2 atom stereocenters. The Bertz CT molecular complexity index is 345. The zero-order valence-electron chi connectivity index (χ0n) is 7.54. The minimum absolute atomic E-state index is 0.0458. The van der Waals surface area contributed by atoms with Gasteiger partial charge in [-0.25, -0.2) is 4.39 Å². The van der Waals surface area contributed by atoms with Crippen molar-refractivity contribution in [2.75, 3.05) is 6.61 Å². The molecule has 1 saturated heterocycles. The quantitative estimate of drug-likeness (QED) is 0.780. The van der Waals surface area contributed by atoms with Crippen LogP contribution in [-0.4, -0.2) is 12.6 Å². The van der Waals surface area contributed by atoms with Gasteiger partial charge in [0.2, 0.25) is 0 Å². The summed E-state index contributed by atoms with van der Waals surface area (Å²) >= 11 is 5.58. The fourth-order valence-electron chi connectivity index (χ4n) is 1.64. The highest BCUT2D eigenvalue weighted by Crippen LogP contribution is 2.29.